The predicted molar refractivity (Wildman–Crippen MR) is 91.5 cm³/mol. The molecule has 24 heavy (non-hydrogen) atoms. The van der Waals surface area contributed by atoms with Crippen molar-refractivity contribution >= 4 is 25.4 Å². The highest BCUT2D eigenvalue weighted by Crippen LogP contribution is 2.41. The van der Waals surface area contributed by atoms with E-state index in [1.165, 1.54) is 6.33 Å². The first-order chi connectivity index (χ1) is 11.4. The van der Waals surface area contributed by atoms with Crippen LogP contribution in [0.3, 0.4) is 0 Å². The summed E-state index contributed by atoms with van der Waals surface area (Å²) in [5.41, 5.74) is 8.26. The Hall–Kier alpha value is -1.16. The molecule has 0 aromatic heterocycles. The van der Waals surface area contributed by atoms with Crippen LogP contribution in [0.5, 0.6) is 0 Å². The summed E-state index contributed by atoms with van der Waals surface area (Å²) in [6.07, 6.45) is 4.77. The average Bonchev–Trinajstić information content (AvgIpc) is 3.04. The molecule has 9 nitrogen and oxygen atoms in total. The molecule has 0 spiro atoms. The number of likely N-dealkylation sites (tertiary alicyclic amines) is 1. The third kappa shape index (κ3) is 3.90. The van der Waals surface area contributed by atoms with E-state index >= 15 is 0 Å². The second kappa shape index (κ2) is 6.99. The van der Waals surface area contributed by atoms with Gasteiger partial charge in [0.25, 0.3) is 0 Å². The molecule has 0 aliphatic carbocycles. The van der Waals surface area contributed by atoms with Crippen LogP contribution >= 0.6 is 19.6 Å². The number of hydrogen-bond donors (Lipinski definition) is 4. The van der Waals surface area contributed by atoms with Crippen LogP contribution in [-0.2, 0) is 15.6 Å². The van der Waals surface area contributed by atoms with Gasteiger partial charge >= 0.3 is 7.82 Å². The van der Waals surface area contributed by atoms with Gasteiger partial charge in [0.05, 0.1) is 18.1 Å². The number of hydrogen-bond acceptors (Lipinski definition) is 7. The Morgan fingerprint density at radius 3 is 3.00 bits per heavy atom. The van der Waals surface area contributed by atoms with Crippen molar-refractivity contribution in [2.75, 3.05) is 30.8 Å². The largest absolute Gasteiger partial charge is 0.469 e. The van der Waals surface area contributed by atoms with Gasteiger partial charge in [0, 0.05) is 37.3 Å². The minimum Gasteiger partial charge on any atom is -0.382 e. The standard InChI is InChI=1S/C13H20N5O4PS/c1-24-6-9-4-18(5-10(9)22-23(19,20)21)3-8-2-15-12-11(8)16-7-17-13(12)14/h2,7,9-10H,3-6,14H2,1H3,(H,16,17)(H2,19,20,21)/t9-,10+/m1/s1. The number of phosphoric ester groups is 1. The van der Waals surface area contributed by atoms with Gasteiger partial charge in [0.2, 0.25) is 0 Å². The molecule has 11 heteroatoms. The van der Waals surface area contributed by atoms with Crippen LogP contribution in [0.15, 0.2) is 12.5 Å². The molecule has 3 aliphatic rings. The van der Waals surface area contributed by atoms with Gasteiger partial charge in [-0.2, -0.15) is 11.8 Å². The topological polar surface area (TPSA) is 138 Å². The van der Waals surface area contributed by atoms with Crippen LogP contribution in [0, 0.1) is 5.92 Å². The number of nitrogens with two attached hydrogens (primary N) is 1. The summed E-state index contributed by atoms with van der Waals surface area (Å²) >= 11 is 1.64. The van der Waals surface area contributed by atoms with Crippen molar-refractivity contribution in [3.05, 3.63) is 18.1 Å². The molecule has 3 aliphatic heterocycles. The second-order valence-electron chi connectivity index (χ2n) is 5.84. The van der Waals surface area contributed by atoms with E-state index in [1.807, 2.05) is 6.26 Å². The molecule has 0 aromatic rings. The number of aromatic amines is 1. The van der Waals surface area contributed by atoms with Gasteiger partial charge in [-0.05, 0) is 12.0 Å². The van der Waals surface area contributed by atoms with E-state index in [-0.39, 0.29) is 5.92 Å². The van der Waals surface area contributed by atoms with Crippen molar-refractivity contribution in [2.24, 2.45) is 5.92 Å². The summed E-state index contributed by atoms with van der Waals surface area (Å²) < 4.78 is 16.2. The van der Waals surface area contributed by atoms with E-state index in [0.717, 1.165) is 17.0 Å². The normalized spacial score (nSPS) is 22.5. The number of thioether (sulfide) groups is 1. The lowest BCUT2D eigenvalue weighted by atomic mass is 10.1. The molecule has 3 rings (SSSR count). The Morgan fingerprint density at radius 2 is 2.29 bits per heavy atom. The molecular weight excluding hydrogens is 353 g/mol. The minimum absolute atomic E-state index is 0.0672. The fourth-order valence-corrected chi connectivity index (χ4v) is 4.43. The lowest BCUT2D eigenvalue weighted by molar-refractivity contribution is 0.117. The molecular formula is C13H20N5O4PS. The third-order valence-electron chi connectivity index (χ3n) is 4.07. The van der Waals surface area contributed by atoms with Crippen LogP contribution in [0.4, 0.5) is 5.82 Å². The number of rotatable bonds is 6. The molecule has 0 bridgehead atoms. The SMILES string of the molecule is CSC[C@H]1CN(Cc2cnc3c(N)nc[nH]c2-3)C[C@@H]1OP(=O)(O)O. The molecule has 3 heterocycles. The van der Waals surface area contributed by atoms with Gasteiger partial charge in [0.15, 0.2) is 5.82 Å². The fraction of sp³-hybridized carbons (Fsp3) is 0.538. The van der Waals surface area contributed by atoms with E-state index in [0.29, 0.717) is 31.1 Å². The summed E-state index contributed by atoms with van der Waals surface area (Å²) in [6.45, 7) is 1.77. The van der Waals surface area contributed by atoms with Crippen molar-refractivity contribution in [3.63, 3.8) is 0 Å². The zero-order valence-electron chi connectivity index (χ0n) is 13.1. The fourth-order valence-electron chi connectivity index (χ4n) is 3.09. The number of phosphoric acid groups is 1. The van der Waals surface area contributed by atoms with Crippen molar-refractivity contribution in [3.8, 4) is 11.4 Å². The predicted octanol–water partition coefficient (Wildman–Crippen LogP) is 0.764. The van der Waals surface area contributed by atoms with E-state index in [4.69, 9.17) is 20.0 Å². The molecule has 5 N–H and O–H groups in total. The Labute approximate surface area is 143 Å². The molecule has 2 atom stereocenters. The maximum atomic E-state index is 11.2. The molecule has 0 aromatic carbocycles. The van der Waals surface area contributed by atoms with Crippen LogP contribution in [0.2, 0.25) is 0 Å². The number of nitrogen functional groups attached to an aromatic ring is 1. The first-order valence-electron chi connectivity index (χ1n) is 7.39. The number of nitrogens with one attached hydrogen (secondary N) is 1. The van der Waals surface area contributed by atoms with Gasteiger partial charge in [-0.1, -0.05) is 0 Å². The molecule has 132 valence electrons. The Bertz CT molecular complexity index is 722. The summed E-state index contributed by atoms with van der Waals surface area (Å²) in [7, 11) is -4.50. The van der Waals surface area contributed by atoms with E-state index in [2.05, 4.69) is 19.9 Å². The third-order valence-corrected chi connectivity index (χ3v) is 5.37. The maximum Gasteiger partial charge on any atom is 0.469 e. The van der Waals surface area contributed by atoms with Crippen LogP contribution in [-0.4, -0.2) is 60.8 Å². The highest BCUT2D eigenvalue weighted by atomic mass is 32.2. The van der Waals surface area contributed by atoms with E-state index in [1.54, 1.807) is 18.0 Å². The van der Waals surface area contributed by atoms with Crippen LogP contribution < -0.4 is 5.73 Å². The molecule has 0 amide bonds. The molecule has 0 saturated carbocycles. The lowest BCUT2D eigenvalue weighted by Gasteiger charge is -2.18. The van der Waals surface area contributed by atoms with Gasteiger partial charge in [0.1, 0.15) is 5.69 Å². The van der Waals surface area contributed by atoms with Gasteiger partial charge in [-0.25, -0.2) is 9.55 Å². The first kappa shape index (κ1) is 17.7. The summed E-state index contributed by atoms with van der Waals surface area (Å²) in [4.78, 5) is 31.7. The van der Waals surface area contributed by atoms with E-state index in [9.17, 15) is 4.57 Å². The molecule has 1 fully saturated rings. The summed E-state index contributed by atoms with van der Waals surface area (Å²) in [5, 5.41) is 0. The number of fused-ring (bicyclic) bond motifs is 1. The quantitative estimate of drug-likeness (QED) is 0.541. The van der Waals surface area contributed by atoms with Crippen molar-refractivity contribution in [1.29, 1.82) is 0 Å². The smallest absolute Gasteiger partial charge is 0.382 e. The van der Waals surface area contributed by atoms with E-state index < -0.39 is 13.9 Å². The monoisotopic (exact) mass is 373 g/mol. The Balaban J connectivity index is 1.72. The second-order valence-corrected chi connectivity index (χ2v) is 7.94. The van der Waals surface area contributed by atoms with Gasteiger partial charge in [-0.3, -0.25) is 14.4 Å². The summed E-state index contributed by atoms with van der Waals surface area (Å²) in [5.74, 6) is 1.22. The van der Waals surface area contributed by atoms with Gasteiger partial charge < -0.3 is 20.5 Å². The average molecular weight is 373 g/mol. The minimum atomic E-state index is -4.50. The maximum absolute atomic E-state index is 11.2. The zero-order valence-corrected chi connectivity index (χ0v) is 14.8. The lowest BCUT2D eigenvalue weighted by Crippen LogP contribution is -2.24. The van der Waals surface area contributed by atoms with Crippen LogP contribution in [0.25, 0.3) is 11.4 Å². The summed E-state index contributed by atoms with van der Waals surface area (Å²) in [6, 6.07) is 0. The van der Waals surface area contributed by atoms with Crippen molar-refractivity contribution < 1.29 is 18.9 Å². The number of anilines is 1. The highest BCUT2D eigenvalue weighted by molar-refractivity contribution is 7.98. The molecule has 0 unspecified atom stereocenters. The highest BCUT2D eigenvalue weighted by Gasteiger charge is 2.37. The van der Waals surface area contributed by atoms with Gasteiger partial charge in [-0.15, -0.1) is 0 Å². The Kier molecular flexibility index (Phi) is 5.14. The number of aromatic nitrogens is 3. The van der Waals surface area contributed by atoms with Crippen molar-refractivity contribution in [1.82, 2.24) is 19.9 Å². The molecule has 1 saturated heterocycles. The number of nitrogens with zero attached hydrogens (tertiary/aromatic N) is 3. The number of H-pyrrole nitrogens is 1. The zero-order chi connectivity index (χ0) is 17.3. The van der Waals surface area contributed by atoms with Crippen LogP contribution in [0.1, 0.15) is 5.56 Å². The first-order valence-corrected chi connectivity index (χ1v) is 10.3. The van der Waals surface area contributed by atoms with Crippen molar-refractivity contribution in [2.45, 2.75) is 12.6 Å². The molecule has 0 radical (unpaired) electrons. The Morgan fingerprint density at radius 1 is 1.50 bits per heavy atom.